The van der Waals surface area contributed by atoms with Gasteiger partial charge in [0, 0.05) is 18.2 Å². The monoisotopic (exact) mass is 261 g/mol. The topological polar surface area (TPSA) is 26.0 Å². The molecule has 94 valence electrons. The zero-order valence-electron chi connectivity index (χ0n) is 10.2. The normalized spacial score (nSPS) is 22.1. The maximum atomic E-state index is 5.79. The Hall–Kier alpha value is -1.28. The number of benzene rings is 1. The van der Waals surface area contributed by atoms with E-state index >= 15 is 0 Å². The predicted molar refractivity (Wildman–Crippen MR) is 72.1 cm³/mol. The summed E-state index contributed by atoms with van der Waals surface area (Å²) in [6.45, 7) is 0. The van der Waals surface area contributed by atoms with Crippen LogP contribution >= 0.6 is 11.6 Å². The number of aryl methyl sites for hydroxylation is 1. The number of rotatable bonds is 5. The average molecular weight is 262 g/mol. The van der Waals surface area contributed by atoms with E-state index in [1.807, 2.05) is 6.20 Å². The lowest BCUT2D eigenvalue weighted by Gasteiger charge is -1.97. The molecule has 0 bridgehead atoms. The molecule has 3 heteroatoms. The van der Waals surface area contributed by atoms with Gasteiger partial charge in [0.25, 0.3) is 0 Å². The van der Waals surface area contributed by atoms with E-state index in [0.717, 1.165) is 24.5 Å². The molecule has 0 amide bonds. The van der Waals surface area contributed by atoms with Crippen LogP contribution in [0.5, 0.6) is 0 Å². The van der Waals surface area contributed by atoms with Crippen molar-refractivity contribution in [3.05, 3.63) is 53.7 Å². The van der Waals surface area contributed by atoms with Crippen molar-refractivity contribution < 1.29 is 4.42 Å². The van der Waals surface area contributed by atoms with Crippen molar-refractivity contribution in [2.45, 2.75) is 31.1 Å². The highest BCUT2D eigenvalue weighted by Crippen LogP contribution is 2.54. The van der Waals surface area contributed by atoms with Gasteiger partial charge >= 0.3 is 0 Å². The van der Waals surface area contributed by atoms with Crippen LogP contribution in [0.4, 0.5) is 0 Å². The molecule has 0 aliphatic heterocycles. The van der Waals surface area contributed by atoms with E-state index in [-0.39, 0.29) is 0 Å². The second-order valence-corrected chi connectivity index (χ2v) is 5.19. The fourth-order valence-electron chi connectivity index (χ4n) is 2.41. The summed E-state index contributed by atoms with van der Waals surface area (Å²) >= 11 is 5.67. The summed E-state index contributed by atoms with van der Waals surface area (Å²) in [5, 5.41) is 0. The van der Waals surface area contributed by atoms with E-state index in [4.69, 9.17) is 16.0 Å². The van der Waals surface area contributed by atoms with Crippen molar-refractivity contribution in [1.82, 2.24) is 4.98 Å². The largest absolute Gasteiger partial charge is 0.445 e. The second kappa shape index (κ2) is 5.15. The zero-order valence-corrected chi connectivity index (χ0v) is 10.9. The van der Waals surface area contributed by atoms with Crippen LogP contribution in [0.15, 0.2) is 40.9 Å². The van der Waals surface area contributed by atoms with E-state index in [2.05, 4.69) is 35.3 Å². The first-order valence-electron chi connectivity index (χ1n) is 6.44. The molecule has 0 radical (unpaired) electrons. The first-order chi connectivity index (χ1) is 8.88. The molecule has 1 aliphatic carbocycles. The number of alkyl halides is 1. The van der Waals surface area contributed by atoms with Crippen LogP contribution in [0, 0.1) is 0 Å². The molecule has 0 saturated heterocycles. The predicted octanol–water partition coefficient (Wildman–Crippen LogP) is 4.12. The highest BCUT2D eigenvalue weighted by molar-refractivity contribution is 6.17. The molecule has 2 unspecified atom stereocenters. The summed E-state index contributed by atoms with van der Waals surface area (Å²) < 4.78 is 5.79. The molecule has 18 heavy (non-hydrogen) atoms. The Labute approximate surface area is 112 Å². The fraction of sp³-hybridized carbons (Fsp3) is 0.400. The number of halogens is 1. The van der Waals surface area contributed by atoms with Crippen LogP contribution in [0.25, 0.3) is 0 Å². The van der Waals surface area contributed by atoms with Crippen LogP contribution in [-0.4, -0.2) is 10.9 Å². The smallest absolute Gasteiger partial charge is 0.194 e. The maximum absolute atomic E-state index is 5.79. The molecule has 2 aromatic rings. The van der Waals surface area contributed by atoms with Crippen LogP contribution < -0.4 is 0 Å². The quantitative estimate of drug-likeness (QED) is 0.757. The van der Waals surface area contributed by atoms with Gasteiger partial charge < -0.3 is 4.42 Å². The van der Waals surface area contributed by atoms with Crippen LogP contribution in [0.1, 0.15) is 41.9 Å². The maximum Gasteiger partial charge on any atom is 0.194 e. The van der Waals surface area contributed by atoms with Gasteiger partial charge in [-0.05, 0) is 24.3 Å². The molecule has 1 aromatic carbocycles. The molecular formula is C15H16ClNO. The van der Waals surface area contributed by atoms with Gasteiger partial charge in [-0.2, -0.15) is 0 Å². The lowest BCUT2D eigenvalue weighted by Crippen LogP contribution is -1.85. The molecule has 1 aliphatic rings. The molecule has 3 rings (SSSR count). The summed E-state index contributed by atoms with van der Waals surface area (Å²) in [4.78, 5) is 4.32. The van der Waals surface area contributed by atoms with Crippen LogP contribution in [0.3, 0.4) is 0 Å². The second-order valence-electron chi connectivity index (χ2n) is 4.81. The first kappa shape index (κ1) is 11.8. The Morgan fingerprint density at radius 2 is 2.06 bits per heavy atom. The Balaban J connectivity index is 1.65. The van der Waals surface area contributed by atoms with Gasteiger partial charge in [-0.3, -0.25) is 0 Å². The van der Waals surface area contributed by atoms with E-state index in [0.29, 0.717) is 17.7 Å². The van der Waals surface area contributed by atoms with Gasteiger partial charge in [0.05, 0.1) is 6.20 Å². The molecule has 0 spiro atoms. The fourth-order valence-corrected chi connectivity index (χ4v) is 2.54. The van der Waals surface area contributed by atoms with E-state index in [1.54, 1.807) is 0 Å². The summed E-state index contributed by atoms with van der Waals surface area (Å²) in [5.41, 5.74) is 1.40. The number of hydrogen-bond acceptors (Lipinski definition) is 2. The van der Waals surface area contributed by atoms with E-state index in [1.165, 1.54) is 12.0 Å². The summed E-state index contributed by atoms with van der Waals surface area (Å²) in [6.07, 6.45) is 4.83. The Kier molecular flexibility index (Phi) is 3.37. The highest BCUT2D eigenvalue weighted by atomic mass is 35.5. The van der Waals surface area contributed by atoms with E-state index < -0.39 is 0 Å². The number of oxazole rings is 1. The van der Waals surface area contributed by atoms with Gasteiger partial charge in [0.2, 0.25) is 0 Å². The van der Waals surface area contributed by atoms with Crippen molar-refractivity contribution >= 4 is 11.6 Å². The summed E-state index contributed by atoms with van der Waals surface area (Å²) in [6, 6.07) is 10.6. The molecule has 1 heterocycles. The van der Waals surface area contributed by atoms with Crippen LogP contribution in [0.2, 0.25) is 0 Å². The van der Waals surface area contributed by atoms with Crippen LogP contribution in [-0.2, 0) is 6.42 Å². The van der Waals surface area contributed by atoms with Crippen molar-refractivity contribution in [2.24, 2.45) is 0 Å². The van der Waals surface area contributed by atoms with Gasteiger partial charge in [-0.25, -0.2) is 4.98 Å². The summed E-state index contributed by atoms with van der Waals surface area (Å²) in [7, 11) is 0. The molecule has 1 fully saturated rings. The zero-order chi connectivity index (χ0) is 12.4. The Bertz CT molecular complexity index is 508. The third-order valence-corrected chi connectivity index (χ3v) is 3.75. The SMILES string of the molecule is ClCCCc1ncc(C2CC2c2ccccc2)o1. The lowest BCUT2D eigenvalue weighted by molar-refractivity contribution is 0.452. The van der Waals surface area contributed by atoms with Crippen molar-refractivity contribution in [1.29, 1.82) is 0 Å². The van der Waals surface area contributed by atoms with Gasteiger partial charge in [-0.1, -0.05) is 30.3 Å². The number of aromatic nitrogens is 1. The minimum Gasteiger partial charge on any atom is -0.445 e. The molecular weight excluding hydrogens is 246 g/mol. The van der Waals surface area contributed by atoms with E-state index in [9.17, 15) is 0 Å². The lowest BCUT2D eigenvalue weighted by atomic mass is 10.1. The van der Waals surface area contributed by atoms with Crippen molar-refractivity contribution in [3.8, 4) is 0 Å². The van der Waals surface area contributed by atoms with Gasteiger partial charge in [0.1, 0.15) is 5.76 Å². The molecule has 1 saturated carbocycles. The molecule has 1 aromatic heterocycles. The standard InChI is InChI=1S/C15H16ClNO/c16-8-4-7-15-17-10-14(18-15)13-9-12(13)11-5-2-1-3-6-11/h1-3,5-6,10,12-13H,4,7-9H2. The first-order valence-corrected chi connectivity index (χ1v) is 6.97. The molecule has 2 nitrogen and oxygen atoms in total. The highest BCUT2D eigenvalue weighted by Gasteiger charge is 2.41. The van der Waals surface area contributed by atoms with Crippen molar-refractivity contribution in [2.75, 3.05) is 5.88 Å². The summed E-state index contributed by atoms with van der Waals surface area (Å²) in [5.74, 6) is 3.65. The Morgan fingerprint density at radius 3 is 2.83 bits per heavy atom. The van der Waals surface area contributed by atoms with Gasteiger partial charge in [0.15, 0.2) is 5.89 Å². The van der Waals surface area contributed by atoms with Crippen molar-refractivity contribution in [3.63, 3.8) is 0 Å². The minimum atomic E-state index is 0.518. The Morgan fingerprint density at radius 1 is 1.22 bits per heavy atom. The molecule has 2 atom stereocenters. The third-order valence-electron chi connectivity index (χ3n) is 3.48. The minimum absolute atomic E-state index is 0.518. The molecule has 0 N–H and O–H groups in total. The number of hydrogen-bond donors (Lipinski definition) is 0. The third kappa shape index (κ3) is 2.44. The van der Waals surface area contributed by atoms with Gasteiger partial charge in [-0.15, -0.1) is 11.6 Å². The average Bonchev–Trinajstić information content (AvgIpc) is 3.09. The number of nitrogens with zero attached hydrogens (tertiary/aromatic N) is 1.